The molecule has 1 aromatic heterocycles. The molecule has 0 saturated carbocycles. The van der Waals surface area contributed by atoms with E-state index < -0.39 is 5.97 Å². The van der Waals surface area contributed by atoms with Gasteiger partial charge in [-0.05, 0) is 25.5 Å². The second kappa shape index (κ2) is 6.70. The van der Waals surface area contributed by atoms with Crippen LogP contribution in [0.5, 0.6) is 0 Å². The minimum Gasteiger partial charge on any atom is -0.478 e. The Bertz CT molecular complexity index is 434. The number of carbonyl (C=O) groups excluding carboxylic acids is 1. The third-order valence-electron chi connectivity index (χ3n) is 2.48. The number of carboxylic acid groups (broad SMARTS) is 1. The van der Waals surface area contributed by atoms with Gasteiger partial charge in [-0.3, -0.25) is 4.79 Å². The molecule has 0 radical (unpaired) electrons. The summed E-state index contributed by atoms with van der Waals surface area (Å²) in [5, 5.41) is 11.4. The number of rotatable bonds is 6. The van der Waals surface area contributed by atoms with Gasteiger partial charge in [0.25, 0.3) is 0 Å². The van der Waals surface area contributed by atoms with Crippen molar-refractivity contribution >= 4 is 17.7 Å². The molecule has 0 aromatic carbocycles. The standard InChI is InChI=1S/C12H16N2O4/c1-8(18-2)5-6-10(15)14-11-9(12(16)17)4-3-7-13-11/h3-4,7-8H,5-6H2,1-2H3,(H,16,17)(H,13,14,15). The summed E-state index contributed by atoms with van der Waals surface area (Å²) in [7, 11) is 1.57. The number of nitrogens with one attached hydrogen (secondary N) is 1. The molecule has 0 bridgehead atoms. The van der Waals surface area contributed by atoms with Crippen molar-refractivity contribution in [3.63, 3.8) is 0 Å². The van der Waals surface area contributed by atoms with E-state index in [2.05, 4.69) is 10.3 Å². The van der Waals surface area contributed by atoms with E-state index in [4.69, 9.17) is 9.84 Å². The van der Waals surface area contributed by atoms with Gasteiger partial charge < -0.3 is 15.2 Å². The highest BCUT2D eigenvalue weighted by molar-refractivity contribution is 5.99. The minimum absolute atomic E-state index is 0.0153. The van der Waals surface area contributed by atoms with Crippen molar-refractivity contribution in [2.24, 2.45) is 0 Å². The molecule has 0 aliphatic rings. The maximum absolute atomic E-state index is 11.6. The van der Waals surface area contributed by atoms with E-state index in [9.17, 15) is 9.59 Å². The fourth-order valence-electron chi connectivity index (χ4n) is 1.32. The average molecular weight is 252 g/mol. The zero-order valence-electron chi connectivity index (χ0n) is 10.3. The fourth-order valence-corrected chi connectivity index (χ4v) is 1.32. The highest BCUT2D eigenvalue weighted by Crippen LogP contribution is 2.12. The van der Waals surface area contributed by atoms with Crippen LogP contribution in [0.1, 0.15) is 30.1 Å². The number of ether oxygens (including phenoxy) is 1. The average Bonchev–Trinajstić information content (AvgIpc) is 2.36. The second-order valence-corrected chi connectivity index (χ2v) is 3.84. The van der Waals surface area contributed by atoms with Crippen molar-refractivity contribution in [1.82, 2.24) is 4.98 Å². The molecule has 18 heavy (non-hydrogen) atoms. The number of carboxylic acids is 1. The summed E-state index contributed by atoms with van der Waals surface area (Å²) in [5.41, 5.74) is -0.0226. The van der Waals surface area contributed by atoms with Crippen molar-refractivity contribution in [3.8, 4) is 0 Å². The molecule has 1 rings (SSSR count). The first-order valence-electron chi connectivity index (χ1n) is 5.55. The monoisotopic (exact) mass is 252 g/mol. The summed E-state index contributed by atoms with van der Waals surface area (Å²) >= 11 is 0. The molecule has 1 atom stereocenters. The Hall–Kier alpha value is -1.95. The first-order chi connectivity index (χ1) is 8.54. The number of anilines is 1. The lowest BCUT2D eigenvalue weighted by Gasteiger charge is -2.10. The highest BCUT2D eigenvalue weighted by atomic mass is 16.5. The van der Waals surface area contributed by atoms with Crippen LogP contribution in [0.25, 0.3) is 0 Å². The van der Waals surface area contributed by atoms with Gasteiger partial charge in [0.1, 0.15) is 11.4 Å². The van der Waals surface area contributed by atoms with E-state index in [0.717, 1.165) is 0 Å². The molecule has 1 amide bonds. The smallest absolute Gasteiger partial charge is 0.339 e. The Morgan fingerprint density at radius 1 is 1.56 bits per heavy atom. The summed E-state index contributed by atoms with van der Waals surface area (Å²) < 4.78 is 5.02. The third kappa shape index (κ3) is 4.14. The summed E-state index contributed by atoms with van der Waals surface area (Å²) in [5.74, 6) is -1.33. The largest absolute Gasteiger partial charge is 0.478 e. The Balaban J connectivity index is 2.62. The number of aromatic carboxylic acids is 1. The maximum Gasteiger partial charge on any atom is 0.339 e. The predicted molar refractivity (Wildman–Crippen MR) is 65.5 cm³/mol. The number of aromatic nitrogens is 1. The molecule has 0 spiro atoms. The Labute approximate surface area is 105 Å². The molecule has 1 heterocycles. The molecular formula is C12H16N2O4. The topological polar surface area (TPSA) is 88.5 Å². The number of hydrogen-bond acceptors (Lipinski definition) is 4. The third-order valence-corrected chi connectivity index (χ3v) is 2.48. The molecular weight excluding hydrogens is 236 g/mol. The van der Waals surface area contributed by atoms with Gasteiger partial charge in [-0.1, -0.05) is 0 Å². The van der Waals surface area contributed by atoms with Crippen LogP contribution >= 0.6 is 0 Å². The second-order valence-electron chi connectivity index (χ2n) is 3.84. The van der Waals surface area contributed by atoms with Gasteiger partial charge in [0.2, 0.25) is 5.91 Å². The van der Waals surface area contributed by atoms with E-state index in [1.165, 1.54) is 18.3 Å². The number of nitrogens with zero attached hydrogens (tertiary/aromatic N) is 1. The van der Waals surface area contributed by atoms with Crippen molar-refractivity contribution in [2.45, 2.75) is 25.9 Å². The number of amides is 1. The van der Waals surface area contributed by atoms with E-state index in [-0.39, 0.29) is 29.8 Å². The first kappa shape index (κ1) is 14.1. The van der Waals surface area contributed by atoms with E-state index in [1.807, 2.05) is 6.92 Å². The molecule has 98 valence electrons. The number of pyridine rings is 1. The van der Waals surface area contributed by atoms with Gasteiger partial charge >= 0.3 is 5.97 Å². The fraction of sp³-hybridized carbons (Fsp3) is 0.417. The van der Waals surface area contributed by atoms with Crippen molar-refractivity contribution in [2.75, 3.05) is 12.4 Å². The van der Waals surface area contributed by atoms with Gasteiger partial charge in [-0.15, -0.1) is 0 Å². The number of hydrogen-bond donors (Lipinski definition) is 2. The molecule has 0 aliphatic carbocycles. The van der Waals surface area contributed by atoms with Crippen molar-refractivity contribution in [1.29, 1.82) is 0 Å². The summed E-state index contributed by atoms with van der Waals surface area (Å²) in [4.78, 5) is 26.4. The quantitative estimate of drug-likeness (QED) is 0.801. The van der Waals surface area contributed by atoms with Crippen molar-refractivity contribution in [3.05, 3.63) is 23.9 Å². The molecule has 6 nitrogen and oxygen atoms in total. The van der Waals surface area contributed by atoms with Gasteiger partial charge in [0.15, 0.2) is 0 Å². The molecule has 0 saturated heterocycles. The molecule has 1 unspecified atom stereocenters. The first-order valence-corrected chi connectivity index (χ1v) is 5.55. The van der Waals surface area contributed by atoms with Crippen LogP contribution in [0, 0.1) is 0 Å². The predicted octanol–water partition coefficient (Wildman–Crippen LogP) is 1.53. The Morgan fingerprint density at radius 3 is 2.89 bits per heavy atom. The number of methoxy groups -OCH3 is 1. The lowest BCUT2D eigenvalue weighted by Crippen LogP contribution is -2.17. The van der Waals surface area contributed by atoms with E-state index in [0.29, 0.717) is 6.42 Å². The van der Waals surface area contributed by atoms with Crippen LogP contribution in [0.4, 0.5) is 5.82 Å². The zero-order valence-corrected chi connectivity index (χ0v) is 10.3. The Kier molecular flexibility index (Phi) is 5.26. The normalized spacial score (nSPS) is 11.9. The number of carbonyl (C=O) groups is 2. The summed E-state index contributed by atoms with van der Waals surface area (Å²) in [6, 6.07) is 2.90. The van der Waals surface area contributed by atoms with Crippen LogP contribution in [-0.4, -0.2) is 35.2 Å². The molecule has 0 aliphatic heterocycles. The lowest BCUT2D eigenvalue weighted by molar-refractivity contribution is -0.116. The minimum atomic E-state index is -1.12. The van der Waals surface area contributed by atoms with Crippen molar-refractivity contribution < 1.29 is 19.4 Å². The van der Waals surface area contributed by atoms with E-state index in [1.54, 1.807) is 7.11 Å². The molecule has 1 aromatic rings. The SMILES string of the molecule is COC(C)CCC(=O)Nc1ncccc1C(=O)O. The van der Waals surface area contributed by atoms with Crippen LogP contribution < -0.4 is 5.32 Å². The highest BCUT2D eigenvalue weighted by Gasteiger charge is 2.13. The molecule has 6 heteroatoms. The van der Waals surface area contributed by atoms with Crippen LogP contribution in [-0.2, 0) is 9.53 Å². The summed E-state index contributed by atoms with van der Waals surface area (Å²) in [6.45, 7) is 1.86. The van der Waals surface area contributed by atoms with Gasteiger partial charge in [-0.25, -0.2) is 9.78 Å². The summed E-state index contributed by atoms with van der Waals surface area (Å²) in [6.07, 6.45) is 2.24. The van der Waals surface area contributed by atoms with Gasteiger partial charge in [0.05, 0.1) is 6.10 Å². The molecule has 2 N–H and O–H groups in total. The lowest BCUT2D eigenvalue weighted by atomic mass is 10.2. The Morgan fingerprint density at radius 2 is 2.28 bits per heavy atom. The van der Waals surface area contributed by atoms with Gasteiger partial charge in [-0.2, -0.15) is 0 Å². The van der Waals surface area contributed by atoms with Crippen LogP contribution in [0.3, 0.4) is 0 Å². The van der Waals surface area contributed by atoms with Gasteiger partial charge in [0, 0.05) is 19.7 Å². The van der Waals surface area contributed by atoms with Crippen LogP contribution in [0.2, 0.25) is 0 Å². The molecule has 0 fully saturated rings. The van der Waals surface area contributed by atoms with E-state index >= 15 is 0 Å². The maximum atomic E-state index is 11.6. The zero-order chi connectivity index (χ0) is 13.5. The van der Waals surface area contributed by atoms with Crippen LogP contribution in [0.15, 0.2) is 18.3 Å².